The molecule has 234 valence electrons. The molecule has 9 aromatic carbocycles. The number of nitrogens with zero attached hydrogens (tertiary/aromatic N) is 1. The van der Waals surface area contributed by atoms with Crippen molar-refractivity contribution in [3.05, 3.63) is 188 Å². The average Bonchev–Trinajstić information content (AvgIpc) is 3.59. The zero-order chi connectivity index (χ0) is 33.0. The monoisotopic (exact) mass is 637 g/mol. The van der Waals surface area contributed by atoms with Gasteiger partial charge in [-0.25, -0.2) is 0 Å². The first kappa shape index (κ1) is 28.4. The normalized spacial score (nSPS) is 11.6. The van der Waals surface area contributed by atoms with Crippen molar-refractivity contribution in [2.45, 2.75) is 0 Å². The molecule has 0 saturated carbocycles. The van der Waals surface area contributed by atoms with Crippen LogP contribution in [-0.2, 0) is 0 Å². The van der Waals surface area contributed by atoms with Gasteiger partial charge in [-0.3, -0.25) is 0 Å². The SMILES string of the molecule is c1ccc(-c2ccc(N(c3ccc(-c4cccc5oc6c7ccccc7ccc6c45)cc3)c3cccc4c3ccc3ccccc34)cc2)cc1. The van der Waals surface area contributed by atoms with Crippen LogP contribution in [0.4, 0.5) is 17.1 Å². The highest BCUT2D eigenvalue weighted by Gasteiger charge is 2.18. The van der Waals surface area contributed by atoms with Crippen LogP contribution in [-0.4, -0.2) is 0 Å². The van der Waals surface area contributed by atoms with Gasteiger partial charge in [0, 0.05) is 32.9 Å². The van der Waals surface area contributed by atoms with E-state index >= 15 is 0 Å². The van der Waals surface area contributed by atoms with Crippen LogP contribution in [0.2, 0.25) is 0 Å². The highest BCUT2D eigenvalue weighted by Crippen LogP contribution is 2.43. The molecule has 10 aromatic rings. The average molecular weight is 638 g/mol. The predicted octanol–water partition coefficient (Wildman–Crippen LogP) is 13.8. The minimum absolute atomic E-state index is 0.904. The molecule has 2 nitrogen and oxygen atoms in total. The summed E-state index contributed by atoms with van der Waals surface area (Å²) in [6.07, 6.45) is 0. The van der Waals surface area contributed by atoms with Crippen molar-refractivity contribution in [1.29, 1.82) is 0 Å². The molecule has 1 aromatic heterocycles. The highest BCUT2D eigenvalue weighted by molar-refractivity contribution is 6.19. The molecule has 1 heterocycles. The van der Waals surface area contributed by atoms with Crippen molar-refractivity contribution in [1.82, 2.24) is 0 Å². The number of benzene rings is 9. The summed E-state index contributed by atoms with van der Waals surface area (Å²) in [7, 11) is 0. The lowest BCUT2D eigenvalue weighted by Crippen LogP contribution is -2.10. The molecular weight excluding hydrogens is 607 g/mol. The molecule has 0 atom stereocenters. The van der Waals surface area contributed by atoms with E-state index in [9.17, 15) is 0 Å². The lowest BCUT2D eigenvalue weighted by Gasteiger charge is -2.27. The van der Waals surface area contributed by atoms with Crippen molar-refractivity contribution < 1.29 is 4.42 Å². The number of hydrogen-bond acceptors (Lipinski definition) is 2. The van der Waals surface area contributed by atoms with E-state index in [4.69, 9.17) is 4.42 Å². The molecule has 0 saturated heterocycles. The molecule has 50 heavy (non-hydrogen) atoms. The molecule has 10 rings (SSSR count). The van der Waals surface area contributed by atoms with Gasteiger partial charge in [-0.1, -0.05) is 146 Å². The third-order valence-corrected chi connectivity index (χ3v) is 10.1. The van der Waals surface area contributed by atoms with Crippen molar-refractivity contribution in [2.75, 3.05) is 4.90 Å². The lowest BCUT2D eigenvalue weighted by molar-refractivity contribution is 0.673. The van der Waals surface area contributed by atoms with E-state index in [2.05, 4.69) is 193 Å². The smallest absolute Gasteiger partial charge is 0.143 e. The molecule has 0 fully saturated rings. The second kappa shape index (κ2) is 11.5. The van der Waals surface area contributed by atoms with E-state index in [1.807, 2.05) is 0 Å². The predicted molar refractivity (Wildman–Crippen MR) is 212 cm³/mol. The van der Waals surface area contributed by atoms with Crippen LogP contribution in [0, 0.1) is 0 Å². The van der Waals surface area contributed by atoms with Crippen LogP contribution in [0.15, 0.2) is 192 Å². The molecular formula is C48H31NO. The van der Waals surface area contributed by atoms with E-state index in [1.54, 1.807) is 0 Å². The van der Waals surface area contributed by atoms with Gasteiger partial charge in [0.2, 0.25) is 0 Å². The first-order valence-corrected chi connectivity index (χ1v) is 17.1. The van der Waals surface area contributed by atoms with Gasteiger partial charge >= 0.3 is 0 Å². The van der Waals surface area contributed by atoms with E-state index in [0.29, 0.717) is 0 Å². The Hall–Kier alpha value is -6.64. The first-order chi connectivity index (χ1) is 24.8. The van der Waals surface area contributed by atoms with Crippen LogP contribution in [0.5, 0.6) is 0 Å². The largest absolute Gasteiger partial charge is 0.455 e. The van der Waals surface area contributed by atoms with Gasteiger partial charge in [0.15, 0.2) is 0 Å². The van der Waals surface area contributed by atoms with Gasteiger partial charge in [-0.05, 0) is 86.3 Å². The Bertz CT molecular complexity index is 2850. The van der Waals surface area contributed by atoms with E-state index in [1.165, 1.54) is 43.6 Å². The summed E-state index contributed by atoms with van der Waals surface area (Å²) in [6.45, 7) is 0. The van der Waals surface area contributed by atoms with Crippen molar-refractivity contribution in [3.8, 4) is 22.3 Å². The second-order valence-corrected chi connectivity index (χ2v) is 12.9. The second-order valence-electron chi connectivity index (χ2n) is 12.9. The van der Waals surface area contributed by atoms with Crippen LogP contribution in [0.25, 0.3) is 76.5 Å². The molecule has 0 N–H and O–H groups in total. The molecule has 0 radical (unpaired) electrons. The topological polar surface area (TPSA) is 16.4 Å². The Morgan fingerprint density at radius 1 is 0.340 bits per heavy atom. The van der Waals surface area contributed by atoms with Crippen molar-refractivity contribution in [2.24, 2.45) is 0 Å². The fourth-order valence-electron chi connectivity index (χ4n) is 7.66. The maximum atomic E-state index is 6.51. The molecule has 0 aliphatic heterocycles. The first-order valence-electron chi connectivity index (χ1n) is 17.1. The van der Waals surface area contributed by atoms with Gasteiger partial charge in [-0.2, -0.15) is 0 Å². The lowest BCUT2D eigenvalue weighted by atomic mass is 9.97. The number of rotatable bonds is 5. The Balaban J connectivity index is 1.13. The number of hydrogen-bond donors (Lipinski definition) is 0. The third kappa shape index (κ3) is 4.57. The fourth-order valence-corrected chi connectivity index (χ4v) is 7.66. The van der Waals surface area contributed by atoms with Gasteiger partial charge in [0.05, 0.1) is 5.69 Å². The fraction of sp³-hybridized carbons (Fsp3) is 0. The number of furan rings is 1. The molecule has 0 aliphatic rings. The van der Waals surface area contributed by atoms with Crippen LogP contribution < -0.4 is 4.90 Å². The number of fused-ring (bicyclic) bond motifs is 8. The van der Waals surface area contributed by atoms with Crippen LogP contribution in [0.3, 0.4) is 0 Å². The summed E-state index contributed by atoms with van der Waals surface area (Å²) >= 11 is 0. The quantitative estimate of drug-likeness (QED) is 0.175. The molecule has 0 bridgehead atoms. The third-order valence-electron chi connectivity index (χ3n) is 10.1. The summed E-state index contributed by atoms with van der Waals surface area (Å²) in [5.41, 5.74) is 9.91. The summed E-state index contributed by atoms with van der Waals surface area (Å²) in [5.74, 6) is 0. The zero-order valence-electron chi connectivity index (χ0n) is 27.3. The highest BCUT2D eigenvalue weighted by atomic mass is 16.3. The van der Waals surface area contributed by atoms with Crippen molar-refractivity contribution >= 4 is 71.3 Å². The zero-order valence-corrected chi connectivity index (χ0v) is 27.3. The Labute approximate surface area is 290 Å². The summed E-state index contributed by atoms with van der Waals surface area (Å²) in [5, 5.41) is 9.57. The Morgan fingerprint density at radius 3 is 1.68 bits per heavy atom. The summed E-state index contributed by atoms with van der Waals surface area (Å²) in [4.78, 5) is 2.38. The summed E-state index contributed by atoms with van der Waals surface area (Å²) < 4.78 is 6.51. The van der Waals surface area contributed by atoms with Crippen molar-refractivity contribution in [3.63, 3.8) is 0 Å². The van der Waals surface area contributed by atoms with E-state index < -0.39 is 0 Å². The minimum atomic E-state index is 0.904. The molecule has 2 heteroatoms. The Morgan fingerprint density at radius 2 is 0.920 bits per heavy atom. The standard InChI is InChI=1S/C48H31NO/c1-2-10-32(11-3-1)33-20-26-37(27-21-33)49(45-18-8-17-42-39-14-6-4-12-34(39)24-30-43(42)45)38-28-22-36(23-29-38)40-16-9-19-46-47(40)44-31-25-35-13-5-7-15-41(35)48(44)50-46/h1-31H. The molecule has 0 amide bonds. The summed E-state index contributed by atoms with van der Waals surface area (Å²) in [6, 6.07) is 67.5. The van der Waals surface area contributed by atoms with Crippen LogP contribution in [0.1, 0.15) is 0 Å². The number of anilines is 3. The van der Waals surface area contributed by atoms with Gasteiger partial charge in [-0.15, -0.1) is 0 Å². The minimum Gasteiger partial charge on any atom is -0.455 e. The molecule has 0 spiro atoms. The maximum Gasteiger partial charge on any atom is 0.143 e. The maximum absolute atomic E-state index is 6.51. The molecule has 0 aliphatic carbocycles. The van der Waals surface area contributed by atoms with Crippen LogP contribution >= 0.6 is 0 Å². The molecule has 0 unspecified atom stereocenters. The van der Waals surface area contributed by atoms with Gasteiger partial charge in [0.25, 0.3) is 0 Å². The Kier molecular flexibility index (Phi) is 6.53. The van der Waals surface area contributed by atoms with Gasteiger partial charge < -0.3 is 9.32 Å². The van der Waals surface area contributed by atoms with E-state index in [-0.39, 0.29) is 0 Å². The van der Waals surface area contributed by atoms with E-state index in [0.717, 1.165) is 50.0 Å². The van der Waals surface area contributed by atoms with Gasteiger partial charge in [0.1, 0.15) is 11.2 Å².